The zero-order valence-corrected chi connectivity index (χ0v) is 13.9. The Morgan fingerprint density at radius 2 is 2.08 bits per heavy atom. The van der Waals surface area contributed by atoms with E-state index in [1.54, 1.807) is 0 Å². The Morgan fingerprint density at radius 1 is 1.25 bits per heavy atom. The van der Waals surface area contributed by atoms with Gasteiger partial charge in [0.25, 0.3) is 0 Å². The Labute approximate surface area is 142 Å². The highest BCUT2D eigenvalue weighted by Crippen LogP contribution is 2.28. The van der Waals surface area contributed by atoms with Crippen LogP contribution in [0.2, 0.25) is 0 Å². The van der Waals surface area contributed by atoms with Crippen molar-refractivity contribution in [3.63, 3.8) is 0 Å². The topological polar surface area (TPSA) is 63.2 Å². The van der Waals surface area contributed by atoms with Gasteiger partial charge in [-0.2, -0.15) is 0 Å². The number of pyridine rings is 1. The lowest BCUT2D eigenvalue weighted by Gasteiger charge is -2.20. The molecule has 3 rings (SSSR count). The third-order valence-corrected chi connectivity index (χ3v) is 4.21. The van der Waals surface area contributed by atoms with E-state index >= 15 is 0 Å². The second kappa shape index (κ2) is 7.93. The number of rotatable bonds is 5. The van der Waals surface area contributed by atoms with Crippen molar-refractivity contribution in [1.82, 2.24) is 15.6 Å². The maximum atomic E-state index is 12.1. The molecule has 126 valence electrons. The summed E-state index contributed by atoms with van der Waals surface area (Å²) in [5, 5.41) is 5.94. The molecular formula is C19H23N3O2. The number of carbonyl (C=O) groups excluding carboxylic acids is 1. The fourth-order valence-electron chi connectivity index (χ4n) is 2.89. The molecule has 5 heteroatoms. The van der Waals surface area contributed by atoms with E-state index in [1.807, 2.05) is 55.6 Å². The lowest BCUT2D eigenvalue weighted by molar-refractivity contribution is 0.0999. The SMILES string of the molecule is Cc1ccc(CCNC(=O)N[C@H]2CCO[C@@H]2c2ccccc2)cn1. The molecule has 0 aliphatic carbocycles. The molecule has 1 aromatic carbocycles. The summed E-state index contributed by atoms with van der Waals surface area (Å²) in [7, 11) is 0. The highest BCUT2D eigenvalue weighted by molar-refractivity contribution is 5.74. The number of hydrogen-bond donors (Lipinski definition) is 2. The fraction of sp³-hybridized carbons (Fsp3) is 0.368. The molecule has 1 saturated heterocycles. The van der Waals surface area contributed by atoms with Crippen molar-refractivity contribution in [2.24, 2.45) is 0 Å². The quantitative estimate of drug-likeness (QED) is 0.888. The van der Waals surface area contributed by atoms with Crippen LogP contribution in [0.15, 0.2) is 48.7 Å². The maximum Gasteiger partial charge on any atom is 0.315 e. The summed E-state index contributed by atoms with van der Waals surface area (Å²) in [6.07, 6.45) is 3.38. The van der Waals surface area contributed by atoms with Crippen LogP contribution in [0, 0.1) is 6.92 Å². The summed E-state index contributed by atoms with van der Waals surface area (Å²) in [5.41, 5.74) is 3.22. The Hall–Kier alpha value is -2.40. The van der Waals surface area contributed by atoms with Crippen LogP contribution in [0.4, 0.5) is 4.79 Å². The Kier molecular flexibility index (Phi) is 5.43. The number of urea groups is 1. The second-order valence-corrected chi connectivity index (χ2v) is 6.06. The smallest absolute Gasteiger partial charge is 0.315 e. The predicted octanol–water partition coefficient (Wildman–Crippen LogP) is 2.76. The summed E-state index contributed by atoms with van der Waals surface area (Å²) >= 11 is 0. The zero-order valence-electron chi connectivity index (χ0n) is 13.9. The normalized spacial score (nSPS) is 19.9. The van der Waals surface area contributed by atoms with Gasteiger partial charge in [0.2, 0.25) is 0 Å². The Balaban J connectivity index is 1.46. The Bertz CT molecular complexity index is 658. The molecule has 24 heavy (non-hydrogen) atoms. The summed E-state index contributed by atoms with van der Waals surface area (Å²) in [6.45, 7) is 3.21. The molecule has 0 saturated carbocycles. The van der Waals surface area contributed by atoms with Crippen LogP contribution in [0.1, 0.15) is 29.3 Å². The zero-order chi connectivity index (χ0) is 16.8. The number of nitrogens with one attached hydrogen (secondary N) is 2. The third-order valence-electron chi connectivity index (χ3n) is 4.21. The van der Waals surface area contributed by atoms with E-state index in [0.717, 1.165) is 29.7 Å². The number of hydrogen-bond acceptors (Lipinski definition) is 3. The molecule has 5 nitrogen and oxygen atoms in total. The Morgan fingerprint density at radius 3 is 2.83 bits per heavy atom. The minimum atomic E-state index is -0.147. The molecule has 1 aliphatic rings. The molecule has 0 unspecified atom stereocenters. The van der Waals surface area contributed by atoms with E-state index in [9.17, 15) is 4.79 Å². The van der Waals surface area contributed by atoms with Gasteiger partial charge in [-0.05, 0) is 37.0 Å². The first-order chi connectivity index (χ1) is 11.7. The van der Waals surface area contributed by atoms with Crippen LogP contribution in [0.5, 0.6) is 0 Å². The van der Waals surface area contributed by atoms with Crippen molar-refractivity contribution in [3.8, 4) is 0 Å². The molecule has 0 radical (unpaired) electrons. The number of nitrogens with zero attached hydrogens (tertiary/aromatic N) is 1. The molecule has 2 amide bonds. The third kappa shape index (κ3) is 4.32. The number of ether oxygens (including phenoxy) is 1. The van der Waals surface area contributed by atoms with Crippen molar-refractivity contribution in [3.05, 3.63) is 65.5 Å². The number of carbonyl (C=O) groups is 1. The average molecular weight is 325 g/mol. The van der Waals surface area contributed by atoms with Crippen LogP contribution in [0.3, 0.4) is 0 Å². The molecule has 1 aliphatic heterocycles. The van der Waals surface area contributed by atoms with Crippen molar-refractivity contribution < 1.29 is 9.53 Å². The van der Waals surface area contributed by atoms with Gasteiger partial charge in [-0.1, -0.05) is 36.4 Å². The van der Waals surface area contributed by atoms with E-state index in [1.165, 1.54) is 0 Å². The lowest BCUT2D eigenvalue weighted by Crippen LogP contribution is -2.43. The highest BCUT2D eigenvalue weighted by Gasteiger charge is 2.30. The van der Waals surface area contributed by atoms with Gasteiger partial charge in [0.1, 0.15) is 6.10 Å². The van der Waals surface area contributed by atoms with Gasteiger partial charge in [0.05, 0.1) is 6.04 Å². The van der Waals surface area contributed by atoms with Crippen molar-refractivity contribution in [2.75, 3.05) is 13.2 Å². The lowest BCUT2D eigenvalue weighted by atomic mass is 10.0. The van der Waals surface area contributed by atoms with Gasteiger partial charge in [0.15, 0.2) is 0 Å². The molecule has 2 heterocycles. The molecule has 2 atom stereocenters. The van der Waals surface area contributed by atoms with Gasteiger partial charge >= 0.3 is 6.03 Å². The van der Waals surface area contributed by atoms with Crippen LogP contribution in [-0.4, -0.2) is 30.2 Å². The van der Waals surface area contributed by atoms with Crippen molar-refractivity contribution in [1.29, 1.82) is 0 Å². The first-order valence-electron chi connectivity index (χ1n) is 8.35. The molecule has 1 fully saturated rings. The average Bonchev–Trinajstić information content (AvgIpc) is 3.05. The molecule has 2 N–H and O–H groups in total. The van der Waals surface area contributed by atoms with Crippen LogP contribution in [0.25, 0.3) is 0 Å². The predicted molar refractivity (Wildman–Crippen MR) is 92.8 cm³/mol. The summed E-state index contributed by atoms with van der Waals surface area (Å²) in [6, 6.07) is 13.9. The van der Waals surface area contributed by atoms with E-state index in [2.05, 4.69) is 15.6 Å². The first kappa shape index (κ1) is 16.5. The van der Waals surface area contributed by atoms with Crippen molar-refractivity contribution >= 4 is 6.03 Å². The van der Waals surface area contributed by atoms with Gasteiger partial charge in [-0.25, -0.2) is 4.79 Å². The van der Waals surface area contributed by atoms with E-state index in [4.69, 9.17) is 4.74 Å². The van der Waals surface area contributed by atoms with Crippen LogP contribution < -0.4 is 10.6 Å². The van der Waals surface area contributed by atoms with Gasteiger partial charge in [-0.15, -0.1) is 0 Å². The summed E-state index contributed by atoms with van der Waals surface area (Å²) in [5.74, 6) is 0. The van der Waals surface area contributed by atoms with Crippen LogP contribution in [-0.2, 0) is 11.2 Å². The first-order valence-corrected chi connectivity index (χ1v) is 8.35. The maximum absolute atomic E-state index is 12.1. The van der Waals surface area contributed by atoms with Gasteiger partial charge in [-0.3, -0.25) is 4.98 Å². The monoisotopic (exact) mass is 325 g/mol. The highest BCUT2D eigenvalue weighted by atomic mass is 16.5. The van der Waals surface area contributed by atoms with E-state index in [-0.39, 0.29) is 18.2 Å². The van der Waals surface area contributed by atoms with Crippen LogP contribution >= 0.6 is 0 Å². The minimum absolute atomic E-state index is 0.00782. The number of amides is 2. The van der Waals surface area contributed by atoms with E-state index < -0.39 is 0 Å². The minimum Gasteiger partial charge on any atom is -0.371 e. The van der Waals surface area contributed by atoms with Gasteiger partial charge in [0, 0.05) is 25.0 Å². The molecule has 0 bridgehead atoms. The number of benzene rings is 1. The van der Waals surface area contributed by atoms with Crippen molar-refractivity contribution in [2.45, 2.75) is 31.9 Å². The molecule has 0 spiro atoms. The van der Waals surface area contributed by atoms with E-state index in [0.29, 0.717) is 13.2 Å². The second-order valence-electron chi connectivity index (χ2n) is 6.06. The molecule has 2 aromatic rings. The number of aryl methyl sites for hydroxylation is 1. The number of aromatic nitrogens is 1. The molecular weight excluding hydrogens is 302 g/mol. The standard InChI is InChI=1S/C19H23N3O2/c1-14-7-8-15(13-21-14)9-11-20-19(23)22-17-10-12-24-18(17)16-5-3-2-4-6-16/h2-8,13,17-18H,9-12H2,1H3,(H2,20,22,23)/t17-,18+/m0/s1. The summed E-state index contributed by atoms with van der Waals surface area (Å²) in [4.78, 5) is 16.4. The molecule has 1 aromatic heterocycles. The fourth-order valence-corrected chi connectivity index (χ4v) is 2.89. The van der Waals surface area contributed by atoms with Gasteiger partial charge < -0.3 is 15.4 Å². The largest absolute Gasteiger partial charge is 0.371 e. The summed E-state index contributed by atoms with van der Waals surface area (Å²) < 4.78 is 5.79.